The Kier molecular flexibility index (Phi) is 4.58. The van der Waals surface area contributed by atoms with Gasteiger partial charge in [-0.15, -0.1) is 11.3 Å². The molecule has 0 aromatic carbocycles. The van der Waals surface area contributed by atoms with E-state index in [-0.39, 0.29) is 18.5 Å². The van der Waals surface area contributed by atoms with Gasteiger partial charge in [-0.05, 0) is 36.3 Å². The van der Waals surface area contributed by atoms with Crippen LogP contribution in [0.1, 0.15) is 47.8 Å². The molecule has 1 aliphatic carbocycles. The second kappa shape index (κ2) is 6.19. The number of carboxylic acid groups (broad SMARTS) is 1. The standard InChI is InChI=1S/C14H19NO3S/c1-2-10-7-8-19-13(10)14(18)15(9-12(16)17)11-5-3-4-6-11/h7-8,11H,2-6,9H2,1H3,(H,16,17). The predicted octanol–water partition coefficient (Wildman–Crippen LogP) is 2.78. The molecular formula is C14H19NO3S. The minimum absolute atomic E-state index is 0.0930. The van der Waals surface area contributed by atoms with Crippen LogP contribution in [0.4, 0.5) is 0 Å². The molecule has 0 bridgehead atoms. The largest absolute Gasteiger partial charge is 0.480 e. The Balaban J connectivity index is 2.21. The molecule has 0 aliphatic heterocycles. The average Bonchev–Trinajstić information content (AvgIpc) is 3.05. The summed E-state index contributed by atoms with van der Waals surface area (Å²) in [7, 11) is 0. The lowest BCUT2D eigenvalue weighted by Gasteiger charge is -2.27. The topological polar surface area (TPSA) is 57.6 Å². The third kappa shape index (κ3) is 3.15. The summed E-state index contributed by atoms with van der Waals surface area (Å²) in [5.74, 6) is -1.05. The van der Waals surface area contributed by atoms with Gasteiger partial charge in [0.05, 0.1) is 4.88 Å². The number of aryl methyl sites for hydroxylation is 1. The molecule has 5 heteroatoms. The fourth-order valence-electron chi connectivity index (χ4n) is 2.66. The van der Waals surface area contributed by atoms with Gasteiger partial charge in [-0.1, -0.05) is 19.8 Å². The van der Waals surface area contributed by atoms with E-state index in [1.807, 2.05) is 18.4 Å². The van der Waals surface area contributed by atoms with Crippen molar-refractivity contribution >= 4 is 23.2 Å². The summed E-state index contributed by atoms with van der Waals surface area (Å²) >= 11 is 1.41. The van der Waals surface area contributed by atoms with Crippen molar-refractivity contribution in [1.82, 2.24) is 4.90 Å². The van der Waals surface area contributed by atoms with Crippen LogP contribution in [0.2, 0.25) is 0 Å². The molecule has 4 nitrogen and oxygen atoms in total. The molecule has 1 heterocycles. The molecule has 0 spiro atoms. The van der Waals surface area contributed by atoms with E-state index in [9.17, 15) is 9.59 Å². The molecule has 1 aromatic rings. The van der Waals surface area contributed by atoms with Crippen molar-refractivity contribution < 1.29 is 14.7 Å². The van der Waals surface area contributed by atoms with Crippen LogP contribution in [-0.4, -0.2) is 34.5 Å². The van der Waals surface area contributed by atoms with Crippen LogP contribution >= 0.6 is 11.3 Å². The van der Waals surface area contributed by atoms with E-state index in [2.05, 4.69) is 0 Å². The minimum Gasteiger partial charge on any atom is -0.480 e. The normalized spacial score (nSPS) is 15.6. The van der Waals surface area contributed by atoms with E-state index >= 15 is 0 Å². The highest BCUT2D eigenvalue weighted by Gasteiger charge is 2.30. The van der Waals surface area contributed by atoms with Gasteiger partial charge in [-0.2, -0.15) is 0 Å². The highest BCUT2D eigenvalue weighted by Crippen LogP contribution is 2.27. The average molecular weight is 281 g/mol. The van der Waals surface area contributed by atoms with Crippen molar-refractivity contribution in [1.29, 1.82) is 0 Å². The second-order valence-electron chi connectivity index (χ2n) is 4.89. The molecule has 1 saturated carbocycles. The zero-order chi connectivity index (χ0) is 13.8. The quantitative estimate of drug-likeness (QED) is 0.903. The van der Waals surface area contributed by atoms with Crippen LogP contribution in [0.3, 0.4) is 0 Å². The lowest BCUT2D eigenvalue weighted by atomic mass is 10.1. The first-order valence-electron chi connectivity index (χ1n) is 6.72. The summed E-state index contributed by atoms with van der Waals surface area (Å²) < 4.78 is 0. The van der Waals surface area contributed by atoms with Crippen LogP contribution in [0.15, 0.2) is 11.4 Å². The summed E-state index contributed by atoms with van der Waals surface area (Å²) in [4.78, 5) is 25.8. The maximum Gasteiger partial charge on any atom is 0.323 e. The molecule has 2 rings (SSSR count). The molecule has 1 amide bonds. The molecule has 1 aliphatic rings. The zero-order valence-electron chi connectivity index (χ0n) is 11.1. The first kappa shape index (κ1) is 14.1. The molecule has 0 unspecified atom stereocenters. The first-order valence-corrected chi connectivity index (χ1v) is 7.60. The zero-order valence-corrected chi connectivity index (χ0v) is 11.9. The maximum absolute atomic E-state index is 12.6. The van der Waals surface area contributed by atoms with Gasteiger partial charge in [0.2, 0.25) is 0 Å². The van der Waals surface area contributed by atoms with Crippen LogP contribution in [0.25, 0.3) is 0 Å². The number of carboxylic acids is 1. The van der Waals surface area contributed by atoms with E-state index in [1.165, 1.54) is 11.3 Å². The summed E-state index contributed by atoms with van der Waals surface area (Å²) in [6, 6.07) is 2.04. The summed E-state index contributed by atoms with van der Waals surface area (Å²) in [6.07, 6.45) is 4.81. The number of carbonyl (C=O) groups excluding carboxylic acids is 1. The van der Waals surface area contributed by atoms with Gasteiger partial charge in [-0.3, -0.25) is 9.59 Å². The third-order valence-corrected chi connectivity index (χ3v) is 4.60. The van der Waals surface area contributed by atoms with Gasteiger partial charge in [0.1, 0.15) is 6.54 Å². The van der Waals surface area contributed by atoms with E-state index < -0.39 is 5.97 Å². The summed E-state index contributed by atoms with van der Waals surface area (Å²) in [6.45, 7) is 1.82. The Hall–Kier alpha value is -1.36. The first-order chi connectivity index (χ1) is 9.13. The van der Waals surface area contributed by atoms with Crippen LogP contribution in [0.5, 0.6) is 0 Å². The molecule has 19 heavy (non-hydrogen) atoms. The predicted molar refractivity (Wildman–Crippen MR) is 74.6 cm³/mol. The molecule has 0 atom stereocenters. The number of hydrogen-bond acceptors (Lipinski definition) is 3. The lowest BCUT2D eigenvalue weighted by molar-refractivity contribution is -0.138. The fourth-order valence-corrected chi connectivity index (χ4v) is 3.61. The van der Waals surface area contributed by atoms with E-state index in [0.717, 1.165) is 37.7 Å². The fraction of sp³-hybridized carbons (Fsp3) is 0.571. The minimum atomic E-state index is -0.935. The smallest absolute Gasteiger partial charge is 0.323 e. The number of hydrogen-bond donors (Lipinski definition) is 1. The van der Waals surface area contributed by atoms with E-state index in [1.54, 1.807) is 4.90 Å². The van der Waals surface area contributed by atoms with Crippen LogP contribution in [0, 0.1) is 0 Å². The second-order valence-corrected chi connectivity index (χ2v) is 5.81. The number of rotatable bonds is 5. The van der Waals surface area contributed by atoms with Gasteiger partial charge in [0.25, 0.3) is 5.91 Å². The molecular weight excluding hydrogens is 262 g/mol. The molecule has 1 fully saturated rings. The van der Waals surface area contributed by atoms with E-state index in [4.69, 9.17) is 5.11 Å². The Bertz CT molecular complexity index is 463. The molecule has 0 radical (unpaired) electrons. The number of nitrogens with zero attached hydrogens (tertiary/aromatic N) is 1. The van der Waals surface area contributed by atoms with Crippen molar-refractivity contribution in [2.75, 3.05) is 6.54 Å². The lowest BCUT2D eigenvalue weighted by Crippen LogP contribution is -2.42. The van der Waals surface area contributed by atoms with Crippen LogP contribution < -0.4 is 0 Å². The highest BCUT2D eigenvalue weighted by molar-refractivity contribution is 7.12. The Morgan fingerprint density at radius 3 is 2.68 bits per heavy atom. The summed E-state index contributed by atoms with van der Waals surface area (Å²) in [5.41, 5.74) is 1.02. The van der Waals surface area contributed by atoms with E-state index in [0.29, 0.717) is 4.88 Å². The van der Waals surface area contributed by atoms with Crippen molar-refractivity contribution in [3.63, 3.8) is 0 Å². The van der Waals surface area contributed by atoms with Gasteiger partial charge < -0.3 is 10.0 Å². The number of thiophene rings is 1. The number of amides is 1. The Morgan fingerprint density at radius 2 is 2.11 bits per heavy atom. The maximum atomic E-state index is 12.6. The Morgan fingerprint density at radius 1 is 1.42 bits per heavy atom. The molecule has 0 saturated heterocycles. The van der Waals surface area contributed by atoms with Gasteiger partial charge in [0, 0.05) is 6.04 Å². The number of aliphatic carboxylic acids is 1. The Labute approximate surface area is 117 Å². The SMILES string of the molecule is CCc1ccsc1C(=O)N(CC(=O)O)C1CCCC1. The summed E-state index contributed by atoms with van der Waals surface area (Å²) in [5, 5.41) is 10.9. The number of carbonyl (C=O) groups is 2. The van der Waals surface area contributed by atoms with Gasteiger partial charge in [-0.25, -0.2) is 0 Å². The molecule has 104 valence electrons. The highest BCUT2D eigenvalue weighted by atomic mass is 32.1. The van der Waals surface area contributed by atoms with Crippen molar-refractivity contribution in [2.45, 2.75) is 45.1 Å². The molecule has 1 N–H and O–H groups in total. The van der Waals surface area contributed by atoms with Gasteiger partial charge >= 0.3 is 5.97 Å². The van der Waals surface area contributed by atoms with Crippen molar-refractivity contribution in [2.24, 2.45) is 0 Å². The van der Waals surface area contributed by atoms with Gasteiger partial charge in [0.15, 0.2) is 0 Å². The monoisotopic (exact) mass is 281 g/mol. The third-order valence-electron chi connectivity index (χ3n) is 3.65. The van der Waals surface area contributed by atoms with Crippen molar-refractivity contribution in [3.05, 3.63) is 21.9 Å². The van der Waals surface area contributed by atoms with Crippen LogP contribution in [-0.2, 0) is 11.2 Å². The van der Waals surface area contributed by atoms with Crippen molar-refractivity contribution in [3.8, 4) is 0 Å². The molecule has 1 aromatic heterocycles.